The summed E-state index contributed by atoms with van der Waals surface area (Å²) in [6.07, 6.45) is 0.329. The van der Waals surface area contributed by atoms with Crippen molar-refractivity contribution >= 4 is 29.1 Å². The van der Waals surface area contributed by atoms with Crippen molar-refractivity contribution in [2.24, 2.45) is 11.8 Å². The van der Waals surface area contributed by atoms with E-state index in [1.54, 1.807) is 12.1 Å². The highest BCUT2D eigenvalue weighted by atomic mass is 35.5. The Labute approximate surface area is 132 Å². The number of carbonyl (C=O) groups is 1. The Morgan fingerprint density at radius 2 is 1.65 bits per heavy atom. The smallest absolute Gasteiger partial charge is 0.227 e. The molecule has 1 rings (SSSR count). The van der Waals surface area contributed by atoms with Crippen LogP contribution in [0, 0.1) is 11.8 Å². The van der Waals surface area contributed by atoms with Crippen LogP contribution in [0.4, 0.5) is 0 Å². The summed E-state index contributed by atoms with van der Waals surface area (Å²) in [5.74, 6) is 1.04. The third kappa shape index (κ3) is 5.72. The summed E-state index contributed by atoms with van der Waals surface area (Å²) in [5, 5.41) is 1.15. The average molecular weight is 316 g/mol. The van der Waals surface area contributed by atoms with Crippen molar-refractivity contribution in [3.63, 3.8) is 0 Å². The Kier molecular flexibility index (Phi) is 6.84. The summed E-state index contributed by atoms with van der Waals surface area (Å²) >= 11 is 12.0. The molecule has 1 aromatic rings. The second-order valence-electron chi connectivity index (χ2n) is 6.00. The summed E-state index contributed by atoms with van der Waals surface area (Å²) in [6.45, 7) is 10.0. The molecule has 0 bridgehead atoms. The maximum absolute atomic E-state index is 12.5. The lowest BCUT2D eigenvalue weighted by molar-refractivity contribution is -0.131. The first-order chi connectivity index (χ1) is 9.29. The van der Waals surface area contributed by atoms with Gasteiger partial charge in [0.05, 0.1) is 6.42 Å². The Hall–Kier alpha value is -0.730. The fourth-order valence-corrected chi connectivity index (χ4v) is 2.57. The molecule has 1 amide bonds. The van der Waals surface area contributed by atoms with Crippen LogP contribution in [0.5, 0.6) is 0 Å². The number of benzene rings is 1. The minimum atomic E-state index is 0.122. The standard InChI is InChI=1S/C16H23Cl2NO/c1-11(2)9-19(10-12(3)4)16(20)7-13-5-6-14(17)8-15(13)18/h5-6,8,11-12H,7,9-10H2,1-4H3. The number of hydrogen-bond donors (Lipinski definition) is 0. The maximum atomic E-state index is 12.5. The van der Waals surface area contributed by atoms with E-state index >= 15 is 0 Å². The summed E-state index contributed by atoms with van der Waals surface area (Å²) < 4.78 is 0. The predicted molar refractivity (Wildman–Crippen MR) is 86.4 cm³/mol. The normalized spacial score (nSPS) is 11.2. The van der Waals surface area contributed by atoms with Crippen LogP contribution in [0.2, 0.25) is 10.0 Å². The number of carbonyl (C=O) groups excluding carboxylic acids is 1. The molecule has 0 aromatic heterocycles. The maximum Gasteiger partial charge on any atom is 0.227 e. The van der Waals surface area contributed by atoms with E-state index in [0.717, 1.165) is 18.7 Å². The molecule has 4 heteroatoms. The lowest BCUT2D eigenvalue weighted by Gasteiger charge is -2.26. The highest BCUT2D eigenvalue weighted by Gasteiger charge is 2.17. The van der Waals surface area contributed by atoms with Gasteiger partial charge in [0, 0.05) is 23.1 Å². The summed E-state index contributed by atoms with van der Waals surface area (Å²) in [4.78, 5) is 14.4. The van der Waals surface area contributed by atoms with Crippen molar-refractivity contribution in [2.45, 2.75) is 34.1 Å². The van der Waals surface area contributed by atoms with Gasteiger partial charge >= 0.3 is 0 Å². The van der Waals surface area contributed by atoms with Crippen LogP contribution in [0.25, 0.3) is 0 Å². The summed E-state index contributed by atoms with van der Waals surface area (Å²) in [5.41, 5.74) is 0.832. The first-order valence-electron chi connectivity index (χ1n) is 7.01. The second-order valence-corrected chi connectivity index (χ2v) is 6.84. The van der Waals surface area contributed by atoms with Gasteiger partial charge in [-0.25, -0.2) is 0 Å². The highest BCUT2D eigenvalue weighted by Crippen LogP contribution is 2.22. The van der Waals surface area contributed by atoms with E-state index < -0.39 is 0 Å². The number of hydrogen-bond acceptors (Lipinski definition) is 1. The lowest BCUT2D eigenvalue weighted by Crippen LogP contribution is -2.38. The third-order valence-corrected chi connectivity index (χ3v) is 3.47. The first kappa shape index (κ1) is 17.3. The number of amides is 1. The van der Waals surface area contributed by atoms with Gasteiger partial charge in [-0.05, 0) is 29.5 Å². The van der Waals surface area contributed by atoms with E-state index in [1.165, 1.54) is 0 Å². The van der Waals surface area contributed by atoms with Crippen LogP contribution in [0.1, 0.15) is 33.3 Å². The molecule has 0 unspecified atom stereocenters. The molecule has 0 aliphatic carbocycles. The van der Waals surface area contributed by atoms with Gasteiger partial charge in [0.1, 0.15) is 0 Å². The van der Waals surface area contributed by atoms with Crippen molar-refractivity contribution in [1.29, 1.82) is 0 Å². The Bertz CT molecular complexity index is 448. The topological polar surface area (TPSA) is 20.3 Å². The number of halogens is 2. The number of nitrogens with zero attached hydrogens (tertiary/aromatic N) is 1. The Balaban J connectivity index is 2.79. The minimum Gasteiger partial charge on any atom is -0.342 e. The van der Waals surface area contributed by atoms with Gasteiger partial charge in [-0.1, -0.05) is 57.0 Å². The van der Waals surface area contributed by atoms with E-state index in [1.807, 2.05) is 11.0 Å². The van der Waals surface area contributed by atoms with E-state index in [9.17, 15) is 4.79 Å². The molecule has 0 heterocycles. The minimum absolute atomic E-state index is 0.122. The number of rotatable bonds is 6. The zero-order valence-corrected chi connectivity index (χ0v) is 14.1. The van der Waals surface area contributed by atoms with E-state index in [4.69, 9.17) is 23.2 Å². The first-order valence-corrected chi connectivity index (χ1v) is 7.77. The van der Waals surface area contributed by atoms with E-state index in [-0.39, 0.29) is 5.91 Å². The fourth-order valence-electron chi connectivity index (χ4n) is 2.10. The molecule has 1 aromatic carbocycles. The van der Waals surface area contributed by atoms with Gasteiger partial charge in [-0.2, -0.15) is 0 Å². The SMILES string of the molecule is CC(C)CN(CC(C)C)C(=O)Cc1ccc(Cl)cc1Cl. The molecule has 0 aliphatic rings. The molecule has 0 aliphatic heterocycles. The monoisotopic (exact) mass is 315 g/mol. The lowest BCUT2D eigenvalue weighted by atomic mass is 10.1. The summed E-state index contributed by atoms with van der Waals surface area (Å²) in [6, 6.07) is 5.28. The van der Waals surface area contributed by atoms with Crippen LogP contribution in [-0.2, 0) is 11.2 Å². The fraction of sp³-hybridized carbons (Fsp3) is 0.562. The summed E-state index contributed by atoms with van der Waals surface area (Å²) in [7, 11) is 0. The van der Waals surface area contributed by atoms with E-state index in [0.29, 0.717) is 28.3 Å². The van der Waals surface area contributed by atoms with Crippen molar-refractivity contribution in [3.05, 3.63) is 33.8 Å². The molecule has 0 saturated heterocycles. The molecule has 0 fully saturated rings. The Morgan fingerprint density at radius 3 is 2.10 bits per heavy atom. The molecule has 0 saturated carbocycles. The molecule has 0 radical (unpaired) electrons. The van der Waals surface area contributed by atoms with Gasteiger partial charge in [0.15, 0.2) is 0 Å². The van der Waals surface area contributed by atoms with Crippen molar-refractivity contribution in [2.75, 3.05) is 13.1 Å². The van der Waals surface area contributed by atoms with Crippen LogP contribution < -0.4 is 0 Å². The van der Waals surface area contributed by atoms with E-state index in [2.05, 4.69) is 27.7 Å². The van der Waals surface area contributed by atoms with Crippen LogP contribution in [-0.4, -0.2) is 23.9 Å². The molecule has 20 heavy (non-hydrogen) atoms. The molecule has 2 nitrogen and oxygen atoms in total. The van der Waals surface area contributed by atoms with Crippen molar-refractivity contribution in [1.82, 2.24) is 4.90 Å². The molecule has 0 atom stereocenters. The van der Waals surface area contributed by atoms with Gasteiger partial charge in [0.25, 0.3) is 0 Å². The van der Waals surface area contributed by atoms with Crippen LogP contribution in [0.3, 0.4) is 0 Å². The van der Waals surface area contributed by atoms with Crippen molar-refractivity contribution < 1.29 is 4.79 Å². The zero-order valence-electron chi connectivity index (χ0n) is 12.6. The third-order valence-electron chi connectivity index (χ3n) is 2.88. The second kappa shape index (κ2) is 7.90. The predicted octanol–water partition coefficient (Wildman–Crippen LogP) is 4.68. The van der Waals surface area contributed by atoms with Gasteiger partial charge in [-0.15, -0.1) is 0 Å². The molecule has 112 valence electrons. The van der Waals surface area contributed by atoms with Crippen LogP contribution in [0.15, 0.2) is 18.2 Å². The average Bonchev–Trinajstić information content (AvgIpc) is 2.30. The largest absolute Gasteiger partial charge is 0.342 e. The zero-order chi connectivity index (χ0) is 15.3. The molecular weight excluding hydrogens is 293 g/mol. The Morgan fingerprint density at radius 1 is 1.10 bits per heavy atom. The van der Waals surface area contributed by atoms with Crippen molar-refractivity contribution in [3.8, 4) is 0 Å². The van der Waals surface area contributed by atoms with Gasteiger partial charge in [0.2, 0.25) is 5.91 Å². The molecule has 0 spiro atoms. The van der Waals surface area contributed by atoms with Gasteiger partial charge < -0.3 is 4.90 Å². The molecule has 0 N–H and O–H groups in total. The van der Waals surface area contributed by atoms with Gasteiger partial charge in [-0.3, -0.25) is 4.79 Å². The molecular formula is C16H23Cl2NO. The van der Waals surface area contributed by atoms with Crippen LogP contribution >= 0.6 is 23.2 Å². The quantitative estimate of drug-likeness (QED) is 0.746. The highest BCUT2D eigenvalue weighted by molar-refractivity contribution is 6.35.